The molecule has 0 heterocycles. The molecule has 0 aromatic heterocycles. The van der Waals surface area contributed by atoms with Gasteiger partial charge in [-0.15, -0.1) is 0 Å². The van der Waals surface area contributed by atoms with Crippen LogP contribution in [0, 0.1) is 0 Å². The minimum Gasteiger partial charge on any atom is -0.480 e. The second-order valence-corrected chi connectivity index (χ2v) is 4.28. The summed E-state index contributed by atoms with van der Waals surface area (Å²) in [5, 5.41) is 15.1. The Morgan fingerprint density at radius 2 is 2.06 bits per heavy atom. The summed E-state index contributed by atoms with van der Waals surface area (Å²) in [5.41, 5.74) is 0. The van der Waals surface area contributed by atoms with Gasteiger partial charge in [0.15, 0.2) is 0 Å². The van der Waals surface area contributed by atoms with Gasteiger partial charge in [-0.05, 0) is 0 Å². The molecule has 1 unspecified atom stereocenters. The van der Waals surface area contributed by atoms with Crippen LogP contribution < -0.4 is 16.0 Å². The summed E-state index contributed by atoms with van der Waals surface area (Å²) in [4.78, 5) is 42.7. The van der Waals surface area contributed by atoms with Gasteiger partial charge in [0.1, 0.15) is 6.04 Å². The maximum Gasteiger partial charge on any atom is 0.327 e. The molecule has 0 radical (unpaired) electrons. The van der Waals surface area contributed by atoms with Crippen LogP contribution in [-0.2, 0) is 14.4 Å². The molecule has 0 saturated carbocycles. The first kappa shape index (κ1) is 16.2. The average Bonchev–Trinajstić information content (AvgIpc) is 2.32. The maximum atomic E-state index is 11.1. The number of thioether (sulfide) groups is 1. The van der Waals surface area contributed by atoms with E-state index in [9.17, 15) is 19.2 Å². The topological polar surface area (TPSA) is 125 Å². The molecule has 0 spiro atoms. The Labute approximate surface area is 108 Å². The highest BCUT2D eigenvalue weighted by molar-refractivity contribution is 7.99. The molecule has 102 valence electrons. The van der Waals surface area contributed by atoms with Gasteiger partial charge >= 0.3 is 12.0 Å². The van der Waals surface area contributed by atoms with E-state index in [1.54, 1.807) is 0 Å². The molecule has 0 saturated heterocycles. The number of carboxylic acid groups (broad SMARTS) is 1. The monoisotopic (exact) mass is 277 g/mol. The third kappa shape index (κ3) is 7.49. The second-order valence-electron chi connectivity index (χ2n) is 3.13. The van der Waals surface area contributed by atoms with Crippen molar-refractivity contribution in [2.45, 2.75) is 12.5 Å². The molecule has 1 atom stereocenters. The van der Waals surface area contributed by atoms with Crippen molar-refractivity contribution in [2.24, 2.45) is 0 Å². The van der Waals surface area contributed by atoms with Gasteiger partial charge in [-0.3, -0.25) is 14.9 Å². The van der Waals surface area contributed by atoms with Crippen LogP contribution in [0.5, 0.6) is 0 Å². The summed E-state index contributed by atoms with van der Waals surface area (Å²) in [6.45, 7) is 0. The molecular weight excluding hydrogens is 262 g/mol. The largest absolute Gasteiger partial charge is 0.480 e. The highest BCUT2D eigenvalue weighted by Gasteiger charge is 2.16. The molecule has 0 aromatic rings. The lowest BCUT2D eigenvalue weighted by atomic mass is 10.3. The quantitative estimate of drug-likeness (QED) is 0.325. The number of imide groups is 1. The summed E-state index contributed by atoms with van der Waals surface area (Å²) in [7, 11) is 1.39. The molecule has 18 heavy (non-hydrogen) atoms. The first-order chi connectivity index (χ1) is 8.51. The average molecular weight is 277 g/mol. The zero-order chi connectivity index (χ0) is 14.0. The molecule has 9 heteroatoms. The first-order valence-corrected chi connectivity index (χ1v) is 6.18. The van der Waals surface area contributed by atoms with Crippen LogP contribution >= 0.6 is 11.8 Å². The zero-order valence-corrected chi connectivity index (χ0v) is 10.6. The Morgan fingerprint density at radius 1 is 1.39 bits per heavy atom. The van der Waals surface area contributed by atoms with E-state index in [1.807, 2.05) is 0 Å². The number of carboxylic acids is 1. The van der Waals surface area contributed by atoms with Gasteiger partial charge in [0.05, 0.1) is 0 Å². The van der Waals surface area contributed by atoms with Crippen molar-refractivity contribution in [1.29, 1.82) is 0 Å². The van der Waals surface area contributed by atoms with E-state index in [1.165, 1.54) is 18.8 Å². The van der Waals surface area contributed by atoms with Crippen LogP contribution in [-0.4, -0.2) is 54.0 Å². The minimum atomic E-state index is -1.13. The van der Waals surface area contributed by atoms with Gasteiger partial charge in [0.25, 0.3) is 0 Å². The van der Waals surface area contributed by atoms with Crippen molar-refractivity contribution in [2.75, 3.05) is 18.6 Å². The van der Waals surface area contributed by atoms with E-state index in [2.05, 4.69) is 16.0 Å². The predicted molar refractivity (Wildman–Crippen MR) is 65.2 cm³/mol. The Morgan fingerprint density at radius 3 is 2.56 bits per heavy atom. The van der Waals surface area contributed by atoms with E-state index in [4.69, 9.17) is 5.11 Å². The summed E-state index contributed by atoms with van der Waals surface area (Å²) in [6.07, 6.45) is 0.406. The molecule has 0 rings (SSSR count). The summed E-state index contributed by atoms with van der Waals surface area (Å²) in [5.74, 6) is -1.07. The number of aliphatic carboxylic acids is 1. The lowest BCUT2D eigenvalue weighted by Gasteiger charge is -2.10. The molecule has 4 N–H and O–H groups in total. The van der Waals surface area contributed by atoms with Crippen molar-refractivity contribution < 1.29 is 24.3 Å². The summed E-state index contributed by atoms with van der Waals surface area (Å²) < 4.78 is 0. The van der Waals surface area contributed by atoms with E-state index >= 15 is 0 Å². The molecule has 0 aliphatic carbocycles. The van der Waals surface area contributed by atoms with Gasteiger partial charge in [0.2, 0.25) is 12.3 Å². The van der Waals surface area contributed by atoms with Gasteiger partial charge in [0, 0.05) is 25.0 Å². The number of nitrogens with one attached hydrogen (secondary N) is 3. The van der Waals surface area contributed by atoms with Crippen molar-refractivity contribution in [1.82, 2.24) is 16.0 Å². The predicted octanol–water partition coefficient (Wildman–Crippen LogP) is -1.24. The first-order valence-electron chi connectivity index (χ1n) is 5.03. The van der Waals surface area contributed by atoms with Gasteiger partial charge in [-0.2, -0.15) is 11.8 Å². The standard InChI is InChI=1S/C9H15N3O5S/c1-10-9(17)12-7(14)2-3-18-4-6(8(15)16)11-5-13/h5-6H,2-4H2,1H3,(H,11,13)(H,15,16)(H2,10,12,14,17). The molecule has 8 nitrogen and oxygen atoms in total. The van der Waals surface area contributed by atoms with Crippen molar-refractivity contribution >= 4 is 36.1 Å². The fourth-order valence-electron chi connectivity index (χ4n) is 0.891. The van der Waals surface area contributed by atoms with E-state index < -0.39 is 23.9 Å². The fourth-order valence-corrected chi connectivity index (χ4v) is 1.86. The summed E-state index contributed by atoms with van der Waals surface area (Å²) in [6, 6.07) is -1.56. The Hall–Kier alpha value is -1.77. The number of urea groups is 1. The molecule has 4 amide bonds. The fraction of sp³-hybridized carbons (Fsp3) is 0.556. The number of rotatable bonds is 8. The number of carbonyl (C=O) groups is 4. The third-order valence-corrected chi connectivity index (χ3v) is 2.87. The molecule has 0 aliphatic rings. The minimum absolute atomic E-state index is 0.0888. The van der Waals surface area contributed by atoms with Crippen LogP contribution in [0.1, 0.15) is 6.42 Å². The van der Waals surface area contributed by atoms with Crippen LogP contribution in [0.3, 0.4) is 0 Å². The highest BCUT2D eigenvalue weighted by Crippen LogP contribution is 2.05. The van der Waals surface area contributed by atoms with E-state index in [0.29, 0.717) is 12.2 Å². The van der Waals surface area contributed by atoms with Gasteiger partial charge in [-0.25, -0.2) is 9.59 Å². The number of amides is 4. The lowest BCUT2D eigenvalue weighted by Crippen LogP contribution is -2.38. The highest BCUT2D eigenvalue weighted by atomic mass is 32.2. The third-order valence-electron chi connectivity index (χ3n) is 1.81. The summed E-state index contributed by atoms with van der Waals surface area (Å²) >= 11 is 1.20. The van der Waals surface area contributed by atoms with E-state index in [-0.39, 0.29) is 12.2 Å². The number of hydrogen-bond donors (Lipinski definition) is 4. The number of hydrogen-bond acceptors (Lipinski definition) is 5. The van der Waals surface area contributed by atoms with Gasteiger partial charge in [-0.1, -0.05) is 0 Å². The molecule has 0 bridgehead atoms. The molecule has 0 aliphatic heterocycles. The Kier molecular flexibility index (Phi) is 8.37. The Bertz CT molecular complexity index is 323. The van der Waals surface area contributed by atoms with Crippen molar-refractivity contribution in [3.05, 3.63) is 0 Å². The zero-order valence-electron chi connectivity index (χ0n) is 9.76. The Balaban J connectivity index is 3.77. The maximum absolute atomic E-state index is 11.1. The van der Waals surface area contributed by atoms with Crippen LogP contribution in [0.25, 0.3) is 0 Å². The van der Waals surface area contributed by atoms with Crippen molar-refractivity contribution in [3.8, 4) is 0 Å². The van der Waals surface area contributed by atoms with Crippen LogP contribution in [0.15, 0.2) is 0 Å². The molecular formula is C9H15N3O5S. The SMILES string of the molecule is CNC(=O)NC(=O)CCSCC(NC=O)C(=O)O. The second kappa shape index (κ2) is 9.28. The van der Waals surface area contributed by atoms with Crippen LogP contribution in [0.2, 0.25) is 0 Å². The normalized spacial score (nSPS) is 11.2. The molecule has 0 aromatic carbocycles. The van der Waals surface area contributed by atoms with Gasteiger partial charge < -0.3 is 15.7 Å². The smallest absolute Gasteiger partial charge is 0.327 e. The number of carbonyl (C=O) groups excluding carboxylic acids is 3. The van der Waals surface area contributed by atoms with E-state index in [0.717, 1.165) is 0 Å². The van der Waals surface area contributed by atoms with Crippen molar-refractivity contribution in [3.63, 3.8) is 0 Å². The lowest BCUT2D eigenvalue weighted by molar-refractivity contribution is -0.139. The van der Waals surface area contributed by atoms with Crippen LogP contribution in [0.4, 0.5) is 4.79 Å². The molecule has 0 fully saturated rings.